The molecule has 0 aliphatic carbocycles. The maximum atomic E-state index is 12.2. The van der Waals surface area contributed by atoms with E-state index in [9.17, 15) is 4.79 Å². The standard InChI is InChI=1S/C16H25N3O2.ClH/c1-12-4-3-5-13(8-12)18-16(20)11-19-7-6-15(21-2)9-14(19)10-17;/h3-5,8,14-15H,6-7,9-11,17H2,1-2H3,(H,18,20);1H. The number of aryl methyl sites for hydroxylation is 1. The molecule has 1 saturated heterocycles. The van der Waals surface area contributed by atoms with Crippen LogP contribution in [-0.4, -0.2) is 49.7 Å². The summed E-state index contributed by atoms with van der Waals surface area (Å²) in [6.07, 6.45) is 2.10. The summed E-state index contributed by atoms with van der Waals surface area (Å²) in [6, 6.07) is 8.04. The van der Waals surface area contributed by atoms with Crippen LogP contribution < -0.4 is 11.1 Å². The van der Waals surface area contributed by atoms with Crippen molar-refractivity contribution in [3.63, 3.8) is 0 Å². The molecule has 1 amide bonds. The SMILES string of the molecule is COC1CCN(CC(=O)Nc2cccc(C)c2)C(CN)C1.Cl. The van der Waals surface area contributed by atoms with E-state index < -0.39 is 0 Å². The second kappa shape index (κ2) is 9.10. The summed E-state index contributed by atoms with van der Waals surface area (Å²) < 4.78 is 5.40. The largest absolute Gasteiger partial charge is 0.381 e. The van der Waals surface area contributed by atoms with E-state index in [1.54, 1.807) is 7.11 Å². The Kier molecular flexibility index (Phi) is 7.82. The fraction of sp³-hybridized carbons (Fsp3) is 0.562. The van der Waals surface area contributed by atoms with Gasteiger partial charge in [-0.05, 0) is 37.5 Å². The normalized spacial score (nSPS) is 22.0. The molecule has 1 aromatic carbocycles. The van der Waals surface area contributed by atoms with Gasteiger partial charge in [-0.1, -0.05) is 12.1 Å². The third kappa shape index (κ3) is 5.25. The van der Waals surface area contributed by atoms with Gasteiger partial charge < -0.3 is 15.8 Å². The number of ether oxygens (including phenoxy) is 1. The number of amides is 1. The van der Waals surface area contributed by atoms with Gasteiger partial charge in [0.1, 0.15) is 0 Å². The van der Waals surface area contributed by atoms with Gasteiger partial charge in [0.25, 0.3) is 0 Å². The monoisotopic (exact) mass is 327 g/mol. The Balaban J connectivity index is 0.00000242. The van der Waals surface area contributed by atoms with E-state index >= 15 is 0 Å². The molecule has 0 spiro atoms. The van der Waals surface area contributed by atoms with E-state index in [2.05, 4.69) is 10.2 Å². The molecule has 22 heavy (non-hydrogen) atoms. The summed E-state index contributed by atoms with van der Waals surface area (Å²) in [5, 5.41) is 2.95. The molecule has 1 heterocycles. The topological polar surface area (TPSA) is 67.6 Å². The van der Waals surface area contributed by atoms with Crippen molar-refractivity contribution < 1.29 is 9.53 Å². The van der Waals surface area contributed by atoms with Crippen molar-refractivity contribution in [2.24, 2.45) is 5.73 Å². The molecule has 3 N–H and O–H groups in total. The fourth-order valence-electron chi connectivity index (χ4n) is 2.84. The number of rotatable bonds is 5. The number of hydrogen-bond acceptors (Lipinski definition) is 4. The van der Waals surface area contributed by atoms with Gasteiger partial charge in [-0.3, -0.25) is 9.69 Å². The number of nitrogens with two attached hydrogens (primary N) is 1. The van der Waals surface area contributed by atoms with E-state index in [4.69, 9.17) is 10.5 Å². The zero-order chi connectivity index (χ0) is 15.2. The van der Waals surface area contributed by atoms with Gasteiger partial charge in [0.15, 0.2) is 0 Å². The summed E-state index contributed by atoms with van der Waals surface area (Å²) in [7, 11) is 1.73. The van der Waals surface area contributed by atoms with Gasteiger partial charge in [-0.2, -0.15) is 0 Å². The van der Waals surface area contributed by atoms with Gasteiger partial charge in [-0.25, -0.2) is 0 Å². The Morgan fingerprint density at radius 1 is 1.50 bits per heavy atom. The van der Waals surface area contributed by atoms with Crippen LogP contribution in [0.15, 0.2) is 24.3 Å². The van der Waals surface area contributed by atoms with Crippen LogP contribution in [0.2, 0.25) is 0 Å². The van der Waals surface area contributed by atoms with Gasteiger partial charge in [0, 0.05) is 31.9 Å². The Labute approximate surface area is 138 Å². The van der Waals surface area contributed by atoms with Crippen molar-refractivity contribution in [2.45, 2.75) is 31.9 Å². The third-order valence-corrected chi connectivity index (χ3v) is 4.04. The molecule has 0 aromatic heterocycles. The molecule has 124 valence electrons. The van der Waals surface area contributed by atoms with Crippen LogP contribution in [0.5, 0.6) is 0 Å². The molecule has 1 aliphatic rings. The molecule has 1 aliphatic heterocycles. The number of carbonyl (C=O) groups is 1. The van der Waals surface area contributed by atoms with E-state index in [1.165, 1.54) is 0 Å². The van der Waals surface area contributed by atoms with Crippen molar-refractivity contribution in [1.29, 1.82) is 0 Å². The van der Waals surface area contributed by atoms with Crippen LogP contribution in [-0.2, 0) is 9.53 Å². The van der Waals surface area contributed by atoms with Crippen molar-refractivity contribution in [1.82, 2.24) is 4.90 Å². The van der Waals surface area contributed by atoms with Gasteiger partial charge in [-0.15, -0.1) is 12.4 Å². The summed E-state index contributed by atoms with van der Waals surface area (Å²) >= 11 is 0. The zero-order valence-corrected chi connectivity index (χ0v) is 14.1. The lowest BCUT2D eigenvalue weighted by molar-refractivity contribution is -0.118. The molecule has 0 radical (unpaired) electrons. The number of nitrogens with one attached hydrogen (secondary N) is 1. The predicted molar refractivity (Wildman–Crippen MR) is 91.5 cm³/mol. The number of anilines is 1. The molecule has 2 atom stereocenters. The van der Waals surface area contributed by atoms with Crippen molar-refractivity contribution >= 4 is 24.0 Å². The van der Waals surface area contributed by atoms with Gasteiger partial charge in [0.2, 0.25) is 5.91 Å². The number of piperidine rings is 1. The molecule has 6 heteroatoms. The first-order chi connectivity index (χ1) is 10.1. The average Bonchev–Trinajstić information content (AvgIpc) is 2.47. The highest BCUT2D eigenvalue weighted by Crippen LogP contribution is 2.19. The van der Waals surface area contributed by atoms with Gasteiger partial charge >= 0.3 is 0 Å². The molecule has 0 bridgehead atoms. The van der Waals surface area contributed by atoms with Crippen LogP contribution in [0.25, 0.3) is 0 Å². The number of hydrogen-bond donors (Lipinski definition) is 2. The Morgan fingerprint density at radius 3 is 2.91 bits per heavy atom. The lowest BCUT2D eigenvalue weighted by Gasteiger charge is -2.37. The number of benzene rings is 1. The van der Waals surface area contributed by atoms with Crippen molar-refractivity contribution in [2.75, 3.05) is 32.1 Å². The zero-order valence-electron chi connectivity index (χ0n) is 13.2. The van der Waals surface area contributed by atoms with E-state index in [0.29, 0.717) is 13.1 Å². The minimum atomic E-state index is 0. The maximum Gasteiger partial charge on any atom is 0.238 e. The molecule has 1 fully saturated rings. The lowest BCUT2D eigenvalue weighted by Crippen LogP contribution is -2.50. The summed E-state index contributed by atoms with van der Waals surface area (Å²) in [5.41, 5.74) is 7.81. The first-order valence-corrected chi connectivity index (χ1v) is 7.45. The third-order valence-electron chi connectivity index (χ3n) is 4.04. The maximum absolute atomic E-state index is 12.2. The molecular weight excluding hydrogens is 302 g/mol. The van der Waals surface area contributed by atoms with Crippen LogP contribution in [0.4, 0.5) is 5.69 Å². The highest BCUT2D eigenvalue weighted by atomic mass is 35.5. The first kappa shape index (κ1) is 18.9. The average molecular weight is 328 g/mol. The van der Waals surface area contributed by atoms with Crippen LogP contribution in [0, 0.1) is 6.92 Å². The highest BCUT2D eigenvalue weighted by Gasteiger charge is 2.28. The lowest BCUT2D eigenvalue weighted by atomic mass is 9.99. The van der Waals surface area contributed by atoms with Gasteiger partial charge in [0.05, 0.1) is 12.6 Å². The molecule has 2 unspecified atom stereocenters. The summed E-state index contributed by atoms with van der Waals surface area (Å²) in [6.45, 7) is 3.79. The molecule has 2 rings (SSSR count). The summed E-state index contributed by atoms with van der Waals surface area (Å²) in [4.78, 5) is 14.3. The molecule has 0 saturated carbocycles. The number of nitrogens with zero attached hydrogens (tertiary/aromatic N) is 1. The smallest absolute Gasteiger partial charge is 0.238 e. The van der Waals surface area contributed by atoms with Crippen molar-refractivity contribution in [3.05, 3.63) is 29.8 Å². The quantitative estimate of drug-likeness (QED) is 0.865. The number of halogens is 1. The highest BCUT2D eigenvalue weighted by molar-refractivity contribution is 5.92. The number of likely N-dealkylation sites (tertiary alicyclic amines) is 1. The number of methoxy groups -OCH3 is 1. The molecule has 5 nitrogen and oxygen atoms in total. The Morgan fingerprint density at radius 2 is 2.27 bits per heavy atom. The van der Waals surface area contributed by atoms with Crippen LogP contribution >= 0.6 is 12.4 Å². The van der Waals surface area contributed by atoms with E-state index in [-0.39, 0.29) is 30.5 Å². The fourth-order valence-corrected chi connectivity index (χ4v) is 2.84. The Hall–Kier alpha value is -1.14. The minimum absolute atomic E-state index is 0. The van der Waals surface area contributed by atoms with E-state index in [1.807, 2.05) is 31.2 Å². The second-order valence-corrected chi connectivity index (χ2v) is 5.66. The number of carbonyl (C=O) groups excluding carboxylic acids is 1. The van der Waals surface area contributed by atoms with Crippen molar-refractivity contribution in [3.8, 4) is 0 Å². The Bertz CT molecular complexity index is 484. The van der Waals surface area contributed by atoms with Crippen LogP contribution in [0.1, 0.15) is 18.4 Å². The van der Waals surface area contributed by atoms with Crippen LogP contribution in [0.3, 0.4) is 0 Å². The van der Waals surface area contributed by atoms with E-state index in [0.717, 1.165) is 30.6 Å². The predicted octanol–water partition coefficient (Wildman–Crippen LogP) is 1.79. The first-order valence-electron chi connectivity index (χ1n) is 7.45. The molecular formula is C16H26ClN3O2. The molecule has 1 aromatic rings. The summed E-state index contributed by atoms with van der Waals surface area (Å²) in [5.74, 6) is 0.00918. The second-order valence-electron chi connectivity index (χ2n) is 5.66. The minimum Gasteiger partial charge on any atom is -0.381 e.